The molecule has 0 fully saturated rings. The van der Waals surface area contributed by atoms with E-state index in [2.05, 4.69) is 5.32 Å². The van der Waals surface area contributed by atoms with Crippen molar-refractivity contribution in [2.75, 3.05) is 13.8 Å². The third-order valence-corrected chi connectivity index (χ3v) is 2.28. The fraction of sp³-hybridized carbons (Fsp3) is 0.364. The summed E-state index contributed by atoms with van der Waals surface area (Å²) < 4.78 is 24.4. The van der Waals surface area contributed by atoms with Gasteiger partial charge in [0.25, 0.3) is 0 Å². The molecule has 1 aromatic rings. The van der Waals surface area contributed by atoms with Gasteiger partial charge >= 0.3 is 0 Å². The number of fused-ring (bicyclic) bond motifs is 1. The number of ether oxygens (including phenoxy) is 2. The minimum absolute atomic E-state index is 0.00769. The fourth-order valence-corrected chi connectivity index (χ4v) is 1.32. The van der Waals surface area contributed by atoms with Crippen LogP contribution in [-0.2, 0) is 0 Å². The summed E-state index contributed by atoms with van der Waals surface area (Å²) >= 11 is 0. The summed E-state index contributed by atoms with van der Waals surface area (Å²) in [5, 5.41) is 2.73. The number of ketones is 1. The SMILES string of the molecule is [2H]CNC(C)C(=O)c1ccc2c(c1)OC([2H])O2. The largest absolute Gasteiger partial charge is 0.454 e. The van der Waals surface area contributed by atoms with Gasteiger partial charge in [-0.1, -0.05) is 0 Å². The average Bonchev–Trinajstić information content (AvgIpc) is 2.67. The lowest BCUT2D eigenvalue weighted by Gasteiger charge is -2.09. The molecule has 0 saturated carbocycles. The zero-order valence-corrected chi connectivity index (χ0v) is 8.32. The monoisotopic (exact) mass is 209 g/mol. The molecule has 0 saturated heterocycles. The van der Waals surface area contributed by atoms with Gasteiger partial charge in [0.15, 0.2) is 17.3 Å². The van der Waals surface area contributed by atoms with Gasteiger partial charge in [0, 0.05) is 6.93 Å². The van der Waals surface area contributed by atoms with E-state index in [4.69, 9.17) is 12.2 Å². The van der Waals surface area contributed by atoms with Crippen LogP contribution in [0.1, 0.15) is 20.0 Å². The van der Waals surface area contributed by atoms with Crippen LogP contribution in [0.25, 0.3) is 0 Å². The van der Waals surface area contributed by atoms with Crippen molar-refractivity contribution in [2.45, 2.75) is 13.0 Å². The maximum Gasteiger partial charge on any atom is 0.231 e. The first-order valence-electron chi connectivity index (χ1n) is 5.86. The van der Waals surface area contributed by atoms with Gasteiger partial charge in [-0.25, -0.2) is 0 Å². The van der Waals surface area contributed by atoms with E-state index < -0.39 is 12.8 Å². The van der Waals surface area contributed by atoms with E-state index in [9.17, 15) is 4.79 Å². The molecule has 4 heteroatoms. The molecule has 0 amide bonds. The van der Waals surface area contributed by atoms with Crippen molar-refractivity contribution in [3.8, 4) is 11.5 Å². The summed E-state index contributed by atoms with van der Waals surface area (Å²) in [4.78, 5) is 11.9. The molecule has 2 unspecified atom stereocenters. The summed E-state index contributed by atoms with van der Waals surface area (Å²) in [6.07, 6.45) is 0. The number of carbonyl (C=O) groups excluding carboxylic acids is 1. The van der Waals surface area contributed by atoms with Crippen LogP contribution in [0.5, 0.6) is 11.5 Å². The first-order valence-corrected chi connectivity index (χ1v) is 4.58. The van der Waals surface area contributed by atoms with Crippen molar-refractivity contribution in [1.29, 1.82) is 0 Å². The zero-order valence-electron chi connectivity index (χ0n) is 10.3. The Morgan fingerprint density at radius 2 is 2.40 bits per heavy atom. The molecular weight excluding hydrogens is 194 g/mol. The van der Waals surface area contributed by atoms with E-state index in [1.54, 1.807) is 25.1 Å². The Morgan fingerprint density at radius 1 is 1.60 bits per heavy atom. The van der Waals surface area contributed by atoms with Gasteiger partial charge in [0.05, 0.1) is 6.04 Å². The Morgan fingerprint density at radius 3 is 3.20 bits per heavy atom. The number of rotatable bonds is 3. The second-order valence-electron chi connectivity index (χ2n) is 3.28. The Bertz CT molecular complexity index is 439. The van der Waals surface area contributed by atoms with E-state index >= 15 is 0 Å². The molecule has 0 aliphatic carbocycles. The number of likely N-dealkylation sites (N-methyl/N-ethyl adjacent to an activating group) is 1. The van der Waals surface area contributed by atoms with E-state index in [-0.39, 0.29) is 12.8 Å². The second-order valence-corrected chi connectivity index (χ2v) is 3.28. The summed E-state index contributed by atoms with van der Waals surface area (Å²) in [6, 6.07) is 4.39. The van der Waals surface area contributed by atoms with E-state index in [0.717, 1.165) is 0 Å². The number of hydrogen-bond donors (Lipinski definition) is 1. The van der Waals surface area contributed by atoms with Crippen LogP contribution < -0.4 is 14.8 Å². The molecule has 80 valence electrons. The fourth-order valence-electron chi connectivity index (χ4n) is 1.32. The van der Waals surface area contributed by atoms with Crippen molar-refractivity contribution in [3.63, 3.8) is 0 Å². The highest BCUT2D eigenvalue weighted by molar-refractivity contribution is 6.00. The number of hydrogen-bond acceptors (Lipinski definition) is 4. The summed E-state index contributed by atoms with van der Waals surface area (Å²) in [6.45, 7) is 0.647. The van der Waals surface area contributed by atoms with Crippen molar-refractivity contribution in [1.82, 2.24) is 5.32 Å². The topological polar surface area (TPSA) is 47.6 Å². The normalized spacial score (nSPS) is 21.8. The van der Waals surface area contributed by atoms with Gasteiger partial charge in [-0.15, -0.1) is 0 Å². The molecule has 1 heterocycles. The first-order chi connectivity index (χ1) is 8.11. The number of Topliss-reactive ketones (excluding diaryl/α,β-unsaturated/α-hetero) is 1. The summed E-state index contributed by atoms with van der Waals surface area (Å²) in [5.41, 5.74) is 0.481. The zero-order chi connectivity index (χ0) is 12.4. The van der Waals surface area contributed by atoms with Gasteiger partial charge in [-0.3, -0.25) is 4.79 Å². The highest BCUT2D eigenvalue weighted by Gasteiger charge is 2.18. The lowest BCUT2D eigenvalue weighted by Crippen LogP contribution is -2.30. The van der Waals surface area contributed by atoms with Crippen LogP contribution in [0.15, 0.2) is 18.2 Å². The standard InChI is InChI=1S/C11H13NO3/c1-7(12-2)11(13)8-3-4-9-10(5-8)15-6-14-9/h3-5,7,12H,6H2,1-2H3/i2D,6D. The van der Waals surface area contributed by atoms with Gasteiger partial charge < -0.3 is 14.8 Å². The molecule has 1 N–H and O–H groups in total. The molecule has 0 bridgehead atoms. The summed E-state index contributed by atoms with van der Waals surface area (Å²) in [7, 11) is -0.00769. The van der Waals surface area contributed by atoms with Gasteiger partial charge in [0.1, 0.15) is 1.37 Å². The lowest BCUT2D eigenvalue weighted by molar-refractivity contribution is 0.0954. The Kier molecular flexibility index (Phi) is 2.00. The molecule has 1 aliphatic rings. The van der Waals surface area contributed by atoms with E-state index in [1.807, 2.05) is 0 Å². The predicted molar refractivity (Wildman–Crippen MR) is 55.4 cm³/mol. The van der Waals surface area contributed by atoms with Crippen LogP contribution in [0, 0.1) is 0 Å². The third kappa shape index (κ3) is 1.80. The Labute approximate surface area is 91.0 Å². The first kappa shape index (κ1) is 7.70. The van der Waals surface area contributed by atoms with Crippen molar-refractivity contribution in [2.24, 2.45) is 0 Å². The average molecular weight is 209 g/mol. The molecule has 0 spiro atoms. The minimum atomic E-state index is -1.06. The van der Waals surface area contributed by atoms with Crippen LogP contribution in [0.3, 0.4) is 0 Å². The van der Waals surface area contributed by atoms with Crippen molar-refractivity contribution >= 4 is 5.78 Å². The highest BCUT2D eigenvalue weighted by atomic mass is 16.7. The van der Waals surface area contributed by atoms with Crippen LogP contribution in [0.4, 0.5) is 0 Å². The number of benzene rings is 1. The maximum atomic E-state index is 11.9. The van der Waals surface area contributed by atoms with Crippen LogP contribution >= 0.6 is 0 Å². The van der Waals surface area contributed by atoms with Gasteiger partial charge in [-0.05, 0) is 32.1 Å². The van der Waals surface area contributed by atoms with Gasteiger partial charge in [-0.2, -0.15) is 0 Å². The van der Waals surface area contributed by atoms with Crippen LogP contribution in [0.2, 0.25) is 0 Å². The van der Waals surface area contributed by atoms with Crippen LogP contribution in [-0.4, -0.2) is 25.6 Å². The van der Waals surface area contributed by atoms with E-state index in [1.165, 1.54) is 0 Å². The quantitative estimate of drug-likeness (QED) is 0.760. The second kappa shape index (κ2) is 3.90. The highest BCUT2D eigenvalue weighted by Crippen LogP contribution is 2.32. The molecular formula is C11H13NO3. The number of nitrogens with one attached hydrogen (secondary N) is 1. The maximum absolute atomic E-state index is 11.9. The molecule has 0 aromatic heterocycles. The lowest BCUT2D eigenvalue weighted by atomic mass is 10.1. The molecule has 1 aromatic carbocycles. The van der Waals surface area contributed by atoms with Crippen molar-refractivity contribution < 1.29 is 17.0 Å². The molecule has 0 radical (unpaired) electrons. The smallest absolute Gasteiger partial charge is 0.231 e. The Hall–Kier alpha value is -1.55. The van der Waals surface area contributed by atoms with Crippen molar-refractivity contribution in [3.05, 3.63) is 23.8 Å². The summed E-state index contributed by atoms with van der Waals surface area (Å²) in [5.74, 6) is 0.772. The van der Waals surface area contributed by atoms with E-state index in [0.29, 0.717) is 17.1 Å². The third-order valence-electron chi connectivity index (χ3n) is 2.28. The number of carbonyl (C=O) groups is 1. The minimum Gasteiger partial charge on any atom is -0.454 e. The molecule has 1 aliphatic heterocycles. The molecule has 2 rings (SSSR count). The molecule has 2 atom stereocenters. The molecule has 15 heavy (non-hydrogen) atoms. The molecule has 4 nitrogen and oxygen atoms in total. The van der Waals surface area contributed by atoms with Gasteiger partial charge in [0.2, 0.25) is 6.77 Å². The predicted octanol–water partition coefficient (Wildman–Crippen LogP) is 1.21. The Balaban J connectivity index is 2.18.